The normalized spacial score (nSPS) is 13.4. The number of carbonyl (C=O) groups is 1. The van der Waals surface area contributed by atoms with Crippen LogP contribution in [0.2, 0.25) is 0 Å². The Labute approximate surface area is 91.8 Å². The maximum atomic E-state index is 10.2. The number of methoxy groups -OCH3 is 2. The quantitative estimate of drug-likeness (QED) is 0.281. The molecular formula is C12H20O3. The molecule has 0 amide bonds. The Bertz CT molecular complexity index is 237. The van der Waals surface area contributed by atoms with Crippen molar-refractivity contribution >= 4 is 6.29 Å². The molecule has 0 aromatic carbocycles. The molecule has 0 aromatic heterocycles. The van der Waals surface area contributed by atoms with Gasteiger partial charge in [-0.2, -0.15) is 0 Å². The van der Waals surface area contributed by atoms with Gasteiger partial charge in [-0.15, -0.1) is 0 Å². The van der Waals surface area contributed by atoms with Crippen molar-refractivity contribution in [3.63, 3.8) is 0 Å². The highest BCUT2D eigenvalue weighted by Crippen LogP contribution is 2.10. The number of allylic oxidation sites excluding steroid dienone is 3. The average Bonchev–Trinajstić information content (AvgIpc) is 2.20. The van der Waals surface area contributed by atoms with Crippen molar-refractivity contribution in [2.24, 2.45) is 0 Å². The van der Waals surface area contributed by atoms with Crippen LogP contribution in [0, 0.1) is 0 Å². The molecule has 3 nitrogen and oxygen atoms in total. The third-order valence-corrected chi connectivity index (χ3v) is 2.16. The molecule has 0 N–H and O–H groups in total. The molecule has 0 unspecified atom stereocenters. The van der Waals surface area contributed by atoms with Crippen LogP contribution in [0.4, 0.5) is 0 Å². The maximum Gasteiger partial charge on any atom is 0.178 e. The molecule has 0 saturated heterocycles. The lowest BCUT2D eigenvalue weighted by Gasteiger charge is -2.13. The summed E-state index contributed by atoms with van der Waals surface area (Å²) in [6.45, 7) is 3.91. The van der Waals surface area contributed by atoms with Gasteiger partial charge in [0.05, 0.1) is 0 Å². The van der Waals surface area contributed by atoms with E-state index in [1.807, 2.05) is 13.8 Å². The van der Waals surface area contributed by atoms with Gasteiger partial charge in [-0.1, -0.05) is 11.6 Å². The standard InChI is InChI=1S/C12H20O3/c1-10(8-9-13)6-5-7-11(2)12(14-3)15-4/h7-9,12H,5-6H2,1-4H3/b10-8+,11-7+. The van der Waals surface area contributed by atoms with Crippen LogP contribution in [0.5, 0.6) is 0 Å². The zero-order valence-electron chi connectivity index (χ0n) is 9.95. The van der Waals surface area contributed by atoms with E-state index in [2.05, 4.69) is 6.08 Å². The Morgan fingerprint density at radius 2 is 1.87 bits per heavy atom. The summed E-state index contributed by atoms with van der Waals surface area (Å²) < 4.78 is 10.2. The first-order valence-electron chi connectivity index (χ1n) is 4.98. The first kappa shape index (κ1) is 14.1. The molecule has 0 saturated carbocycles. The van der Waals surface area contributed by atoms with Gasteiger partial charge in [0.2, 0.25) is 0 Å². The molecule has 15 heavy (non-hydrogen) atoms. The highest BCUT2D eigenvalue weighted by atomic mass is 16.7. The molecule has 0 aliphatic rings. The summed E-state index contributed by atoms with van der Waals surface area (Å²) in [7, 11) is 3.23. The monoisotopic (exact) mass is 212 g/mol. The smallest absolute Gasteiger partial charge is 0.178 e. The van der Waals surface area contributed by atoms with E-state index in [1.54, 1.807) is 20.3 Å². The second kappa shape index (κ2) is 8.38. The number of ether oxygens (including phenoxy) is 2. The fourth-order valence-corrected chi connectivity index (χ4v) is 1.29. The van der Waals surface area contributed by atoms with Crippen molar-refractivity contribution in [1.29, 1.82) is 0 Å². The van der Waals surface area contributed by atoms with Crippen molar-refractivity contribution in [3.8, 4) is 0 Å². The summed E-state index contributed by atoms with van der Waals surface area (Å²) in [6.07, 6.45) is 5.99. The highest BCUT2D eigenvalue weighted by Gasteiger charge is 2.05. The van der Waals surface area contributed by atoms with E-state index >= 15 is 0 Å². The van der Waals surface area contributed by atoms with Gasteiger partial charge in [-0.3, -0.25) is 4.79 Å². The van der Waals surface area contributed by atoms with Crippen LogP contribution in [0.25, 0.3) is 0 Å². The van der Waals surface area contributed by atoms with Crippen LogP contribution >= 0.6 is 0 Å². The summed E-state index contributed by atoms with van der Waals surface area (Å²) in [5.74, 6) is 0. The molecule has 86 valence electrons. The summed E-state index contributed by atoms with van der Waals surface area (Å²) >= 11 is 0. The summed E-state index contributed by atoms with van der Waals surface area (Å²) in [4.78, 5) is 10.2. The Morgan fingerprint density at radius 1 is 1.27 bits per heavy atom. The summed E-state index contributed by atoms with van der Waals surface area (Å²) in [5, 5.41) is 0. The predicted molar refractivity (Wildman–Crippen MR) is 60.6 cm³/mol. The molecular weight excluding hydrogens is 192 g/mol. The van der Waals surface area contributed by atoms with Crippen molar-refractivity contribution in [3.05, 3.63) is 23.3 Å². The van der Waals surface area contributed by atoms with Gasteiger partial charge in [0.15, 0.2) is 6.29 Å². The molecule has 0 spiro atoms. The van der Waals surface area contributed by atoms with Crippen LogP contribution in [-0.4, -0.2) is 26.8 Å². The number of carbonyl (C=O) groups excluding carboxylic acids is 1. The summed E-state index contributed by atoms with van der Waals surface area (Å²) in [6, 6.07) is 0. The lowest BCUT2D eigenvalue weighted by Crippen LogP contribution is -2.14. The topological polar surface area (TPSA) is 35.5 Å². The second-order valence-corrected chi connectivity index (χ2v) is 3.44. The molecule has 0 fully saturated rings. The Balaban J connectivity index is 4.05. The number of rotatable bonds is 7. The maximum absolute atomic E-state index is 10.2. The molecule has 0 radical (unpaired) electrons. The van der Waals surface area contributed by atoms with Crippen LogP contribution in [-0.2, 0) is 14.3 Å². The third-order valence-electron chi connectivity index (χ3n) is 2.16. The van der Waals surface area contributed by atoms with Gasteiger partial charge in [-0.25, -0.2) is 0 Å². The van der Waals surface area contributed by atoms with Crippen molar-refractivity contribution in [2.45, 2.75) is 33.0 Å². The third kappa shape index (κ3) is 6.20. The van der Waals surface area contributed by atoms with E-state index in [4.69, 9.17) is 9.47 Å². The Morgan fingerprint density at radius 3 is 2.33 bits per heavy atom. The van der Waals surface area contributed by atoms with Crippen LogP contribution in [0.3, 0.4) is 0 Å². The fourth-order valence-electron chi connectivity index (χ4n) is 1.29. The minimum Gasteiger partial charge on any atom is -0.352 e. The van der Waals surface area contributed by atoms with Crippen molar-refractivity contribution in [1.82, 2.24) is 0 Å². The van der Waals surface area contributed by atoms with E-state index in [1.165, 1.54) is 0 Å². The lowest BCUT2D eigenvalue weighted by atomic mass is 10.1. The minimum absolute atomic E-state index is 0.264. The molecule has 0 heterocycles. The Hall–Kier alpha value is -0.930. The lowest BCUT2D eigenvalue weighted by molar-refractivity contribution is -0.104. The van der Waals surface area contributed by atoms with Crippen molar-refractivity contribution < 1.29 is 14.3 Å². The fraction of sp³-hybridized carbons (Fsp3) is 0.583. The zero-order valence-corrected chi connectivity index (χ0v) is 9.95. The Kier molecular flexibility index (Phi) is 7.86. The van der Waals surface area contributed by atoms with Gasteiger partial charge < -0.3 is 9.47 Å². The van der Waals surface area contributed by atoms with Gasteiger partial charge in [-0.05, 0) is 38.3 Å². The first-order chi connectivity index (χ1) is 7.15. The van der Waals surface area contributed by atoms with Crippen LogP contribution < -0.4 is 0 Å². The van der Waals surface area contributed by atoms with Gasteiger partial charge in [0.1, 0.15) is 6.29 Å². The van der Waals surface area contributed by atoms with Crippen LogP contribution in [0.1, 0.15) is 26.7 Å². The minimum atomic E-state index is -0.264. The van der Waals surface area contributed by atoms with Crippen molar-refractivity contribution in [2.75, 3.05) is 14.2 Å². The zero-order chi connectivity index (χ0) is 11.7. The van der Waals surface area contributed by atoms with E-state index < -0.39 is 0 Å². The van der Waals surface area contributed by atoms with Gasteiger partial charge in [0, 0.05) is 14.2 Å². The molecule has 0 aliphatic carbocycles. The van der Waals surface area contributed by atoms with Crippen LogP contribution in [0.15, 0.2) is 23.3 Å². The van der Waals surface area contributed by atoms with E-state index in [0.717, 1.165) is 30.3 Å². The molecule has 0 rings (SSSR count). The molecule has 0 aliphatic heterocycles. The van der Waals surface area contributed by atoms with E-state index in [9.17, 15) is 4.79 Å². The van der Waals surface area contributed by atoms with E-state index in [-0.39, 0.29) is 6.29 Å². The highest BCUT2D eigenvalue weighted by molar-refractivity contribution is 5.65. The molecule has 3 heteroatoms. The average molecular weight is 212 g/mol. The largest absolute Gasteiger partial charge is 0.352 e. The summed E-state index contributed by atoms with van der Waals surface area (Å²) in [5.41, 5.74) is 2.14. The number of hydrogen-bond donors (Lipinski definition) is 0. The number of hydrogen-bond acceptors (Lipinski definition) is 3. The van der Waals surface area contributed by atoms with Gasteiger partial charge >= 0.3 is 0 Å². The SMILES string of the molecule is COC(OC)/C(C)=C/CC/C(C)=C/C=O. The van der Waals surface area contributed by atoms with Gasteiger partial charge in [0.25, 0.3) is 0 Å². The second-order valence-electron chi connectivity index (χ2n) is 3.44. The molecule has 0 atom stereocenters. The predicted octanol–water partition coefficient (Wildman–Crippen LogP) is 2.48. The molecule has 0 bridgehead atoms. The number of aldehydes is 1. The molecule has 0 aromatic rings. The first-order valence-corrected chi connectivity index (χ1v) is 4.98. The van der Waals surface area contributed by atoms with E-state index in [0.29, 0.717) is 0 Å².